The minimum Gasteiger partial charge on any atom is -0.373 e. The number of hydrogen-bond acceptors (Lipinski definition) is 3. The quantitative estimate of drug-likeness (QED) is 0.854. The first-order valence-corrected chi connectivity index (χ1v) is 9.44. The summed E-state index contributed by atoms with van der Waals surface area (Å²) in [6.07, 6.45) is 6.35. The minimum atomic E-state index is 0.0385. The molecule has 3 aliphatic rings. The van der Waals surface area contributed by atoms with Crippen molar-refractivity contribution in [2.45, 2.75) is 50.2 Å². The highest BCUT2D eigenvalue weighted by molar-refractivity contribution is 5.78. The molecule has 3 aliphatic heterocycles. The molecule has 4 heteroatoms. The third kappa shape index (κ3) is 3.35. The number of carbonyl (C=O) groups is 1. The summed E-state index contributed by atoms with van der Waals surface area (Å²) in [5.74, 6) is 0.255. The molecule has 0 N–H and O–H groups in total. The van der Waals surface area contributed by atoms with Crippen LogP contribution >= 0.6 is 0 Å². The van der Waals surface area contributed by atoms with Crippen LogP contribution in [0.25, 0.3) is 0 Å². The zero-order valence-electron chi connectivity index (χ0n) is 14.5. The first-order chi connectivity index (χ1) is 11.7. The molecule has 1 amide bonds. The van der Waals surface area contributed by atoms with Crippen LogP contribution in [0.4, 0.5) is 0 Å². The van der Waals surface area contributed by atoms with Gasteiger partial charge in [-0.15, -0.1) is 0 Å². The Bertz CT molecular complexity index is 560. The van der Waals surface area contributed by atoms with E-state index >= 15 is 0 Å². The summed E-state index contributed by atoms with van der Waals surface area (Å²) in [5.41, 5.74) is 1.14. The zero-order chi connectivity index (χ0) is 16.4. The Hall–Kier alpha value is -1.39. The van der Waals surface area contributed by atoms with Gasteiger partial charge in [-0.1, -0.05) is 30.3 Å². The van der Waals surface area contributed by atoms with E-state index in [1.54, 1.807) is 0 Å². The molecule has 0 saturated carbocycles. The van der Waals surface area contributed by atoms with Crippen molar-refractivity contribution in [3.05, 3.63) is 35.9 Å². The smallest absolute Gasteiger partial charge is 0.226 e. The summed E-state index contributed by atoms with van der Waals surface area (Å²) >= 11 is 0. The van der Waals surface area contributed by atoms with E-state index in [0.717, 1.165) is 44.5 Å². The minimum absolute atomic E-state index is 0.0385. The molecule has 1 atom stereocenters. The second-order valence-corrected chi connectivity index (χ2v) is 7.64. The summed E-state index contributed by atoms with van der Waals surface area (Å²) in [6.45, 7) is 5.06. The van der Waals surface area contributed by atoms with Crippen LogP contribution in [0.15, 0.2) is 30.3 Å². The lowest BCUT2D eigenvalue weighted by atomic mass is 9.87. The van der Waals surface area contributed by atoms with Crippen LogP contribution in [0.3, 0.4) is 0 Å². The van der Waals surface area contributed by atoms with E-state index in [1.807, 2.05) is 35.2 Å². The van der Waals surface area contributed by atoms with Gasteiger partial charge in [0.2, 0.25) is 5.91 Å². The number of amides is 1. The van der Waals surface area contributed by atoms with Crippen LogP contribution in [0, 0.1) is 0 Å². The second kappa shape index (κ2) is 6.85. The first kappa shape index (κ1) is 16.1. The molecule has 1 spiro atoms. The van der Waals surface area contributed by atoms with Gasteiger partial charge >= 0.3 is 0 Å². The van der Waals surface area contributed by atoms with Crippen molar-refractivity contribution in [1.29, 1.82) is 0 Å². The van der Waals surface area contributed by atoms with Crippen LogP contribution in [0.5, 0.6) is 0 Å². The SMILES string of the molecule is O=C(Cc1ccccc1)N1CCC2(CC1)CC(N1CCCC1)CO2. The maximum absolute atomic E-state index is 12.5. The van der Waals surface area contributed by atoms with Gasteiger partial charge in [0.15, 0.2) is 0 Å². The van der Waals surface area contributed by atoms with E-state index < -0.39 is 0 Å². The van der Waals surface area contributed by atoms with E-state index in [4.69, 9.17) is 4.74 Å². The van der Waals surface area contributed by atoms with Crippen molar-refractivity contribution in [2.75, 3.05) is 32.8 Å². The number of likely N-dealkylation sites (tertiary alicyclic amines) is 2. The molecule has 0 aliphatic carbocycles. The molecule has 3 heterocycles. The van der Waals surface area contributed by atoms with Crippen LogP contribution in [0.1, 0.15) is 37.7 Å². The fourth-order valence-corrected chi connectivity index (χ4v) is 4.56. The fraction of sp³-hybridized carbons (Fsp3) is 0.650. The average molecular weight is 328 g/mol. The summed E-state index contributed by atoms with van der Waals surface area (Å²) in [4.78, 5) is 17.2. The third-order valence-electron chi connectivity index (χ3n) is 6.07. The van der Waals surface area contributed by atoms with E-state index in [0.29, 0.717) is 12.5 Å². The number of ether oxygens (including phenoxy) is 1. The number of nitrogens with zero attached hydrogens (tertiary/aromatic N) is 2. The van der Waals surface area contributed by atoms with Gasteiger partial charge in [0, 0.05) is 19.1 Å². The fourth-order valence-electron chi connectivity index (χ4n) is 4.56. The monoisotopic (exact) mass is 328 g/mol. The van der Waals surface area contributed by atoms with Crippen LogP contribution in [-0.2, 0) is 16.0 Å². The molecule has 1 aromatic carbocycles. The molecule has 1 aromatic rings. The van der Waals surface area contributed by atoms with E-state index in [2.05, 4.69) is 4.90 Å². The van der Waals surface area contributed by atoms with E-state index in [-0.39, 0.29) is 11.5 Å². The molecule has 3 fully saturated rings. The first-order valence-electron chi connectivity index (χ1n) is 9.44. The van der Waals surface area contributed by atoms with Crippen molar-refractivity contribution in [3.8, 4) is 0 Å². The van der Waals surface area contributed by atoms with Gasteiger partial charge < -0.3 is 9.64 Å². The van der Waals surface area contributed by atoms with Gasteiger partial charge in [-0.25, -0.2) is 0 Å². The van der Waals surface area contributed by atoms with Crippen LogP contribution in [-0.4, -0.2) is 60.1 Å². The molecule has 24 heavy (non-hydrogen) atoms. The Morgan fingerprint density at radius 1 is 1.08 bits per heavy atom. The Morgan fingerprint density at radius 3 is 2.50 bits per heavy atom. The normalized spacial score (nSPS) is 27.0. The molecule has 3 saturated heterocycles. The zero-order valence-corrected chi connectivity index (χ0v) is 14.5. The molecular weight excluding hydrogens is 300 g/mol. The maximum Gasteiger partial charge on any atom is 0.226 e. The number of carbonyl (C=O) groups excluding carboxylic acids is 1. The molecule has 0 radical (unpaired) electrons. The number of hydrogen-bond donors (Lipinski definition) is 0. The number of rotatable bonds is 3. The van der Waals surface area contributed by atoms with Gasteiger partial charge in [0.1, 0.15) is 0 Å². The molecule has 4 nitrogen and oxygen atoms in total. The van der Waals surface area contributed by atoms with Gasteiger partial charge in [-0.05, 0) is 50.8 Å². The van der Waals surface area contributed by atoms with Crippen molar-refractivity contribution < 1.29 is 9.53 Å². The average Bonchev–Trinajstić information content (AvgIpc) is 3.27. The Labute approximate surface area is 144 Å². The standard InChI is InChI=1S/C20H28N2O2/c23-19(14-17-6-2-1-3-7-17)22-12-8-20(9-13-22)15-18(16-24-20)21-10-4-5-11-21/h1-3,6-7,18H,4-5,8-16H2. The second-order valence-electron chi connectivity index (χ2n) is 7.64. The number of piperidine rings is 1. The third-order valence-corrected chi connectivity index (χ3v) is 6.07. The lowest BCUT2D eigenvalue weighted by molar-refractivity contribution is -0.135. The van der Waals surface area contributed by atoms with Gasteiger partial charge in [-0.2, -0.15) is 0 Å². The van der Waals surface area contributed by atoms with Crippen LogP contribution in [0.2, 0.25) is 0 Å². The summed E-state index contributed by atoms with van der Waals surface area (Å²) in [6, 6.07) is 10.7. The lowest BCUT2D eigenvalue weighted by Gasteiger charge is -2.39. The molecule has 130 valence electrons. The predicted molar refractivity (Wildman–Crippen MR) is 93.9 cm³/mol. The van der Waals surface area contributed by atoms with Crippen molar-refractivity contribution >= 4 is 5.91 Å². The number of benzene rings is 1. The highest BCUT2D eigenvalue weighted by atomic mass is 16.5. The largest absolute Gasteiger partial charge is 0.373 e. The van der Waals surface area contributed by atoms with E-state index in [9.17, 15) is 4.79 Å². The maximum atomic E-state index is 12.5. The molecule has 4 rings (SSSR count). The summed E-state index contributed by atoms with van der Waals surface area (Å²) in [7, 11) is 0. The van der Waals surface area contributed by atoms with Gasteiger partial charge in [0.25, 0.3) is 0 Å². The predicted octanol–water partition coefficient (Wildman–Crippen LogP) is 2.48. The summed E-state index contributed by atoms with van der Waals surface area (Å²) < 4.78 is 6.27. The Morgan fingerprint density at radius 2 is 1.79 bits per heavy atom. The van der Waals surface area contributed by atoms with Crippen LogP contribution < -0.4 is 0 Å². The van der Waals surface area contributed by atoms with Crippen molar-refractivity contribution in [1.82, 2.24) is 9.80 Å². The molecule has 0 bridgehead atoms. The Balaban J connectivity index is 1.29. The molecule has 1 unspecified atom stereocenters. The van der Waals surface area contributed by atoms with E-state index in [1.165, 1.54) is 25.9 Å². The topological polar surface area (TPSA) is 32.8 Å². The Kier molecular flexibility index (Phi) is 4.59. The molecule has 0 aromatic heterocycles. The molecular formula is C20H28N2O2. The lowest BCUT2D eigenvalue weighted by Crippen LogP contribution is -2.47. The van der Waals surface area contributed by atoms with Gasteiger partial charge in [-0.3, -0.25) is 9.69 Å². The highest BCUT2D eigenvalue weighted by Crippen LogP contribution is 2.38. The summed E-state index contributed by atoms with van der Waals surface area (Å²) in [5, 5.41) is 0. The highest BCUT2D eigenvalue weighted by Gasteiger charge is 2.45. The van der Waals surface area contributed by atoms with Gasteiger partial charge in [0.05, 0.1) is 18.6 Å². The van der Waals surface area contributed by atoms with Crippen molar-refractivity contribution in [2.24, 2.45) is 0 Å². The van der Waals surface area contributed by atoms with Crippen molar-refractivity contribution in [3.63, 3.8) is 0 Å².